The maximum Gasteiger partial charge on any atom is 0.276 e. The van der Waals surface area contributed by atoms with E-state index >= 15 is 0 Å². The number of carbonyl (C=O) groups is 1. The Morgan fingerprint density at radius 3 is 2.71 bits per heavy atom. The molecule has 11 heteroatoms. The summed E-state index contributed by atoms with van der Waals surface area (Å²) in [5, 5.41) is 11.5. The number of hydrogen-bond donors (Lipinski definition) is 1. The number of benzene rings is 2. The lowest BCUT2D eigenvalue weighted by Gasteiger charge is -2.10. The highest BCUT2D eigenvalue weighted by atomic mass is 35.5. The smallest absolute Gasteiger partial charge is 0.276 e. The third-order valence-electron chi connectivity index (χ3n) is 4.27. The van der Waals surface area contributed by atoms with Crippen LogP contribution in [0.25, 0.3) is 0 Å². The summed E-state index contributed by atoms with van der Waals surface area (Å²) >= 11 is 12.1. The molecule has 158 valence electrons. The summed E-state index contributed by atoms with van der Waals surface area (Å²) in [5.41, 5.74) is 0.516. The van der Waals surface area contributed by atoms with Gasteiger partial charge >= 0.3 is 0 Å². The second-order valence-corrected chi connectivity index (χ2v) is 7.15. The van der Waals surface area contributed by atoms with Crippen molar-refractivity contribution in [2.24, 2.45) is 0 Å². The van der Waals surface area contributed by atoms with Gasteiger partial charge in [0, 0.05) is 16.8 Å². The van der Waals surface area contributed by atoms with Crippen molar-refractivity contribution in [3.63, 3.8) is 0 Å². The summed E-state index contributed by atoms with van der Waals surface area (Å²) in [5.74, 6) is -0.409. The van der Waals surface area contributed by atoms with Gasteiger partial charge in [0.15, 0.2) is 6.73 Å². The van der Waals surface area contributed by atoms with Gasteiger partial charge in [0.2, 0.25) is 5.95 Å². The number of anilines is 1. The summed E-state index contributed by atoms with van der Waals surface area (Å²) < 4.78 is 22.3. The highest BCUT2D eigenvalue weighted by molar-refractivity contribution is 6.32. The molecular weight excluding hydrogens is 446 g/mol. The van der Waals surface area contributed by atoms with E-state index in [9.17, 15) is 9.18 Å². The van der Waals surface area contributed by atoms with E-state index < -0.39 is 11.7 Å². The largest absolute Gasteiger partial charge is 0.470 e. The summed E-state index contributed by atoms with van der Waals surface area (Å²) in [7, 11) is 0. The molecule has 0 spiro atoms. The molecule has 1 amide bonds. The lowest BCUT2D eigenvalue weighted by atomic mass is 10.2. The molecule has 2 aromatic heterocycles. The van der Waals surface area contributed by atoms with Gasteiger partial charge in [-0.25, -0.2) is 18.7 Å². The van der Waals surface area contributed by atoms with Gasteiger partial charge in [-0.1, -0.05) is 41.4 Å². The quantitative estimate of drug-likeness (QED) is 0.445. The first-order chi connectivity index (χ1) is 15.0. The molecule has 0 atom stereocenters. The maximum absolute atomic E-state index is 14.0. The minimum atomic E-state index is -0.484. The van der Waals surface area contributed by atoms with Crippen LogP contribution in [-0.4, -0.2) is 30.5 Å². The Kier molecular flexibility index (Phi) is 6.15. The molecule has 0 radical (unpaired) electrons. The lowest BCUT2D eigenvalue weighted by Crippen LogP contribution is -2.20. The number of carbonyl (C=O) groups excluding carboxylic acids is 1. The number of aromatic nitrogens is 5. The zero-order valence-corrected chi connectivity index (χ0v) is 17.4. The van der Waals surface area contributed by atoms with Gasteiger partial charge in [0.05, 0.1) is 11.6 Å². The molecule has 0 aliphatic heterocycles. The van der Waals surface area contributed by atoms with Gasteiger partial charge in [-0.2, -0.15) is 5.10 Å². The molecule has 0 aliphatic carbocycles. The second kappa shape index (κ2) is 9.15. The van der Waals surface area contributed by atoms with E-state index in [-0.39, 0.29) is 35.5 Å². The van der Waals surface area contributed by atoms with Crippen LogP contribution in [0.15, 0.2) is 61.1 Å². The van der Waals surface area contributed by atoms with Crippen LogP contribution in [0.2, 0.25) is 10.0 Å². The van der Waals surface area contributed by atoms with Gasteiger partial charge in [-0.3, -0.25) is 10.1 Å². The number of amides is 1. The fraction of sp³-hybridized carbons (Fsp3) is 0.100. The standard InChI is InChI=1S/C20H15Cl2FN6O2/c21-14-5-3-6-16(23)13(14)10-28-11-24-20(27-28)26-19(30)17-8-9-25-29(17)12-31-18-7-2-1-4-15(18)22/h1-9,11H,10,12H2,(H,26,27,30). The molecule has 0 unspecified atom stereocenters. The zero-order chi connectivity index (χ0) is 21.8. The Morgan fingerprint density at radius 1 is 1.10 bits per heavy atom. The van der Waals surface area contributed by atoms with Crippen molar-refractivity contribution in [2.45, 2.75) is 13.3 Å². The van der Waals surface area contributed by atoms with Gasteiger partial charge in [-0.15, -0.1) is 5.10 Å². The van der Waals surface area contributed by atoms with Crippen LogP contribution in [-0.2, 0) is 13.3 Å². The normalized spacial score (nSPS) is 10.8. The second-order valence-electron chi connectivity index (χ2n) is 6.34. The fourth-order valence-electron chi connectivity index (χ4n) is 2.76. The summed E-state index contributed by atoms with van der Waals surface area (Å²) in [4.78, 5) is 16.7. The molecular formula is C20H15Cl2FN6O2. The van der Waals surface area contributed by atoms with Crippen molar-refractivity contribution >= 4 is 35.1 Å². The van der Waals surface area contributed by atoms with Crippen LogP contribution in [0.1, 0.15) is 16.1 Å². The monoisotopic (exact) mass is 460 g/mol. The molecule has 0 aliphatic rings. The van der Waals surface area contributed by atoms with Crippen LogP contribution in [0.5, 0.6) is 5.75 Å². The van der Waals surface area contributed by atoms with E-state index in [4.69, 9.17) is 27.9 Å². The minimum absolute atomic E-state index is 0.0207. The number of para-hydroxylation sites is 1. The van der Waals surface area contributed by atoms with Gasteiger partial charge < -0.3 is 4.74 Å². The number of nitrogens with zero attached hydrogens (tertiary/aromatic N) is 5. The molecule has 0 bridgehead atoms. The van der Waals surface area contributed by atoms with E-state index in [1.807, 2.05) is 0 Å². The van der Waals surface area contributed by atoms with E-state index in [2.05, 4.69) is 20.5 Å². The molecule has 0 fully saturated rings. The molecule has 4 aromatic rings. The molecule has 4 rings (SSSR count). The molecule has 1 N–H and O–H groups in total. The Morgan fingerprint density at radius 2 is 1.90 bits per heavy atom. The number of hydrogen-bond acceptors (Lipinski definition) is 5. The Labute approximate surface area is 186 Å². The van der Waals surface area contributed by atoms with Crippen molar-refractivity contribution in [1.29, 1.82) is 0 Å². The number of nitrogens with one attached hydrogen (secondary N) is 1. The Bertz CT molecular complexity index is 1210. The molecule has 0 saturated carbocycles. The Balaban J connectivity index is 1.42. The van der Waals surface area contributed by atoms with Crippen LogP contribution >= 0.6 is 23.2 Å². The number of halogens is 3. The average Bonchev–Trinajstić information content (AvgIpc) is 3.39. The predicted molar refractivity (Wildman–Crippen MR) is 113 cm³/mol. The topological polar surface area (TPSA) is 86.9 Å². The first kappa shape index (κ1) is 20.8. The van der Waals surface area contributed by atoms with Crippen LogP contribution in [0.3, 0.4) is 0 Å². The van der Waals surface area contributed by atoms with Gasteiger partial charge in [-0.05, 0) is 30.3 Å². The zero-order valence-electron chi connectivity index (χ0n) is 15.9. The van der Waals surface area contributed by atoms with E-state index in [1.165, 1.54) is 40.1 Å². The molecule has 2 heterocycles. The predicted octanol–water partition coefficient (Wildman–Crippen LogP) is 4.26. The fourth-order valence-corrected chi connectivity index (χ4v) is 3.17. The van der Waals surface area contributed by atoms with Crippen LogP contribution < -0.4 is 10.1 Å². The number of rotatable bonds is 7. The van der Waals surface area contributed by atoms with Crippen molar-refractivity contribution in [3.8, 4) is 5.75 Å². The van der Waals surface area contributed by atoms with Crippen LogP contribution in [0.4, 0.5) is 10.3 Å². The highest BCUT2D eigenvalue weighted by Gasteiger charge is 2.16. The lowest BCUT2D eigenvalue weighted by molar-refractivity contribution is 0.100. The van der Waals surface area contributed by atoms with Gasteiger partial charge in [0.25, 0.3) is 5.91 Å². The van der Waals surface area contributed by atoms with Crippen molar-refractivity contribution in [2.75, 3.05) is 5.32 Å². The van der Waals surface area contributed by atoms with Crippen molar-refractivity contribution < 1.29 is 13.9 Å². The SMILES string of the molecule is O=C(Nc1ncn(Cc2c(F)cccc2Cl)n1)c1ccnn1COc1ccccc1Cl. The maximum atomic E-state index is 14.0. The third kappa shape index (κ3) is 4.84. The summed E-state index contributed by atoms with van der Waals surface area (Å²) in [6.45, 7) is 0.0467. The third-order valence-corrected chi connectivity index (χ3v) is 4.94. The van der Waals surface area contributed by atoms with Crippen LogP contribution in [0, 0.1) is 5.82 Å². The van der Waals surface area contributed by atoms with Crippen molar-refractivity contribution in [3.05, 3.63) is 88.2 Å². The van der Waals surface area contributed by atoms with Crippen molar-refractivity contribution in [1.82, 2.24) is 24.5 Å². The minimum Gasteiger partial charge on any atom is -0.470 e. The summed E-state index contributed by atoms with van der Waals surface area (Å²) in [6.07, 6.45) is 2.84. The first-order valence-corrected chi connectivity index (χ1v) is 9.79. The first-order valence-electron chi connectivity index (χ1n) is 9.04. The van der Waals surface area contributed by atoms with Gasteiger partial charge in [0.1, 0.15) is 23.6 Å². The summed E-state index contributed by atoms with van der Waals surface area (Å²) in [6, 6.07) is 12.9. The van der Waals surface area contributed by atoms with E-state index in [0.29, 0.717) is 10.8 Å². The van der Waals surface area contributed by atoms with E-state index in [0.717, 1.165) is 0 Å². The molecule has 8 nitrogen and oxygen atoms in total. The Hall–Kier alpha value is -3.43. The molecule has 2 aromatic carbocycles. The average molecular weight is 461 g/mol. The van der Waals surface area contributed by atoms with E-state index in [1.54, 1.807) is 30.3 Å². The molecule has 31 heavy (non-hydrogen) atoms. The number of ether oxygens (including phenoxy) is 1. The molecule has 0 saturated heterocycles. The highest BCUT2D eigenvalue weighted by Crippen LogP contribution is 2.23.